The molecule has 112 valence electrons. The molecule has 1 aromatic heterocycles. The molecule has 3 nitrogen and oxygen atoms in total. The normalized spacial score (nSPS) is 11.5. The van der Waals surface area contributed by atoms with Crippen molar-refractivity contribution in [2.45, 2.75) is 32.9 Å². The number of hydrogen-bond acceptors (Lipinski definition) is 3. The Labute approximate surface area is 132 Å². The van der Waals surface area contributed by atoms with Crippen LogP contribution >= 0.6 is 11.6 Å². The molecular formula is C17H22ClN3. The lowest BCUT2D eigenvalue weighted by atomic mass is 10.1. The lowest BCUT2D eigenvalue weighted by Gasteiger charge is -2.22. The van der Waals surface area contributed by atoms with Gasteiger partial charge >= 0.3 is 0 Å². The summed E-state index contributed by atoms with van der Waals surface area (Å²) in [6.07, 6.45) is 1.72. The number of rotatable bonds is 4. The lowest BCUT2D eigenvalue weighted by molar-refractivity contribution is 0.424. The van der Waals surface area contributed by atoms with Gasteiger partial charge in [-0.25, -0.2) is 4.98 Å². The molecule has 0 aliphatic heterocycles. The predicted octanol–water partition coefficient (Wildman–Crippen LogP) is 4.39. The van der Waals surface area contributed by atoms with Crippen molar-refractivity contribution in [2.75, 3.05) is 11.9 Å². The number of aromatic nitrogens is 1. The van der Waals surface area contributed by atoms with Gasteiger partial charge in [0.1, 0.15) is 5.82 Å². The van der Waals surface area contributed by atoms with Gasteiger partial charge in [-0.2, -0.15) is 0 Å². The Balaban J connectivity index is 2.22. The predicted molar refractivity (Wildman–Crippen MR) is 90.3 cm³/mol. The van der Waals surface area contributed by atoms with Gasteiger partial charge in [0.15, 0.2) is 0 Å². The standard InChI is InChI=1S/C17H22ClN3/c1-17(2,3)20-11-13-10-16(19-12-15(13)18)21(4)14-8-6-5-7-9-14/h5-10,12,20H,11H2,1-4H3. The van der Waals surface area contributed by atoms with Crippen LogP contribution in [0, 0.1) is 0 Å². The molecule has 0 radical (unpaired) electrons. The van der Waals surface area contributed by atoms with Crippen molar-refractivity contribution in [2.24, 2.45) is 0 Å². The molecule has 2 aromatic rings. The van der Waals surface area contributed by atoms with Crippen molar-refractivity contribution < 1.29 is 0 Å². The third-order valence-electron chi connectivity index (χ3n) is 3.22. The van der Waals surface area contributed by atoms with Gasteiger partial charge in [-0.1, -0.05) is 29.8 Å². The van der Waals surface area contributed by atoms with Gasteiger partial charge in [-0.3, -0.25) is 0 Å². The Hall–Kier alpha value is -1.58. The van der Waals surface area contributed by atoms with E-state index >= 15 is 0 Å². The van der Waals surface area contributed by atoms with Crippen LogP contribution in [0.2, 0.25) is 5.02 Å². The summed E-state index contributed by atoms with van der Waals surface area (Å²) in [5.74, 6) is 0.885. The lowest BCUT2D eigenvalue weighted by Crippen LogP contribution is -2.35. The van der Waals surface area contributed by atoms with Gasteiger partial charge in [0.25, 0.3) is 0 Å². The Bertz CT molecular complexity index is 591. The minimum Gasteiger partial charge on any atom is -0.329 e. The molecule has 1 heterocycles. The largest absolute Gasteiger partial charge is 0.329 e. The van der Waals surface area contributed by atoms with E-state index in [1.807, 2.05) is 31.3 Å². The average Bonchev–Trinajstić information content (AvgIpc) is 2.46. The maximum atomic E-state index is 6.25. The molecule has 21 heavy (non-hydrogen) atoms. The Kier molecular flexibility index (Phi) is 4.86. The van der Waals surface area contributed by atoms with Gasteiger partial charge in [-0.05, 0) is 44.5 Å². The summed E-state index contributed by atoms with van der Waals surface area (Å²) in [7, 11) is 2.01. The molecule has 0 spiro atoms. The van der Waals surface area contributed by atoms with Crippen molar-refractivity contribution in [1.29, 1.82) is 0 Å². The van der Waals surface area contributed by atoms with Crippen LogP contribution in [0.5, 0.6) is 0 Å². The van der Waals surface area contributed by atoms with Crippen molar-refractivity contribution >= 4 is 23.1 Å². The maximum absolute atomic E-state index is 6.25. The van der Waals surface area contributed by atoms with E-state index in [1.54, 1.807) is 6.20 Å². The second kappa shape index (κ2) is 6.46. The number of para-hydroxylation sites is 1. The van der Waals surface area contributed by atoms with Crippen LogP contribution in [0.1, 0.15) is 26.3 Å². The molecule has 0 saturated carbocycles. The highest BCUT2D eigenvalue weighted by Gasteiger charge is 2.12. The van der Waals surface area contributed by atoms with Crippen molar-refractivity contribution in [1.82, 2.24) is 10.3 Å². The maximum Gasteiger partial charge on any atom is 0.133 e. The Morgan fingerprint density at radius 1 is 1.19 bits per heavy atom. The molecule has 0 amide bonds. The number of pyridine rings is 1. The van der Waals surface area contributed by atoms with Crippen LogP contribution in [-0.4, -0.2) is 17.6 Å². The quantitative estimate of drug-likeness (QED) is 0.908. The Morgan fingerprint density at radius 3 is 2.48 bits per heavy atom. The minimum atomic E-state index is 0.0537. The van der Waals surface area contributed by atoms with Crippen molar-refractivity contribution in [3.63, 3.8) is 0 Å². The first-order chi connectivity index (χ1) is 9.87. The monoisotopic (exact) mass is 303 g/mol. The highest BCUT2D eigenvalue weighted by atomic mass is 35.5. The fourth-order valence-corrected chi connectivity index (χ4v) is 2.10. The summed E-state index contributed by atoms with van der Waals surface area (Å²) in [6, 6.07) is 12.2. The zero-order valence-corrected chi connectivity index (χ0v) is 13.8. The fourth-order valence-electron chi connectivity index (χ4n) is 1.93. The first-order valence-electron chi connectivity index (χ1n) is 7.05. The molecular weight excluding hydrogens is 282 g/mol. The van der Waals surface area contributed by atoms with Crippen molar-refractivity contribution in [3.05, 3.63) is 53.2 Å². The second-order valence-corrected chi connectivity index (χ2v) is 6.54. The van der Waals surface area contributed by atoms with Gasteiger partial charge < -0.3 is 10.2 Å². The van der Waals surface area contributed by atoms with Gasteiger partial charge in [0, 0.05) is 31.0 Å². The zero-order valence-electron chi connectivity index (χ0n) is 13.0. The van der Waals surface area contributed by atoms with E-state index in [2.05, 4.69) is 48.1 Å². The summed E-state index contributed by atoms with van der Waals surface area (Å²) in [4.78, 5) is 6.48. The summed E-state index contributed by atoms with van der Waals surface area (Å²) in [5.41, 5.74) is 2.21. The summed E-state index contributed by atoms with van der Waals surface area (Å²) in [5, 5.41) is 4.15. The van der Waals surface area contributed by atoms with Crippen molar-refractivity contribution in [3.8, 4) is 0 Å². The van der Waals surface area contributed by atoms with E-state index in [9.17, 15) is 0 Å². The fraction of sp³-hybridized carbons (Fsp3) is 0.353. The van der Waals surface area contributed by atoms with Crippen LogP contribution in [0.25, 0.3) is 0 Å². The molecule has 0 aliphatic carbocycles. The average molecular weight is 304 g/mol. The highest BCUT2D eigenvalue weighted by molar-refractivity contribution is 6.31. The molecule has 0 aliphatic rings. The molecule has 0 unspecified atom stereocenters. The van der Waals surface area contributed by atoms with E-state index in [0.29, 0.717) is 5.02 Å². The number of hydrogen-bond donors (Lipinski definition) is 1. The molecule has 0 fully saturated rings. The summed E-state index contributed by atoms with van der Waals surface area (Å²) < 4.78 is 0. The number of anilines is 2. The topological polar surface area (TPSA) is 28.2 Å². The molecule has 4 heteroatoms. The summed E-state index contributed by atoms with van der Waals surface area (Å²) >= 11 is 6.25. The van der Waals surface area contributed by atoms with E-state index < -0.39 is 0 Å². The molecule has 0 atom stereocenters. The molecule has 0 saturated heterocycles. The molecule has 2 rings (SSSR count). The third kappa shape index (κ3) is 4.45. The van der Waals surface area contributed by atoms with E-state index in [-0.39, 0.29) is 5.54 Å². The van der Waals surface area contributed by atoms with Gasteiger partial charge in [0.05, 0.1) is 5.02 Å². The first-order valence-corrected chi connectivity index (χ1v) is 7.43. The van der Waals surface area contributed by atoms with Gasteiger partial charge in [0.2, 0.25) is 0 Å². The van der Waals surface area contributed by atoms with E-state index in [4.69, 9.17) is 11.6 Å². The number of benzene rings is 1. The molecule has 1 N–H and O–H groups in total. The third-order valence-corrected chi connectivity index (χ3v) is 3.56. The van der Waals surface area contributed by atoms with Crippen LogP contribution in [0.3, 0.4) is 0 Å². The molecule has 0 bridgehead atoms. The molecule has 1 aromatic carbocycles. The Morgan fingerprint density at radius 2 is 1.86 bits per heavy atom. The van der Waals surface area contributed by atoms with E-state index in [0.717, 1.165) is 23.6 Å². The summed E-state index contributed by atoms with van der Waals surface area (Å²) in [6.45, 7) is 7.14. The second-order valence-electron chi connectivity index (χ2n) is 6.13. The smallest absolute Gasteiger partial charge is 0.133 e. The SMILES string of the molecule is CN(c1ccccc1)c1cc(CNC(C)(C)C)c(Cl)cn1. The number of nitrogens with one attached hydrogen (secondary N) is 1. The van der Waals surface area contributed by atoms with Gasteiger partial charge in [-0.15, -0.1) is 0 Å². The van der Waals surface area contributed by atoms with Crippen LogP contribution in [-0.2, 0) is 6.54 Å². The first kappa shape index (κ1) is 15.8. The zero-order chi connectivity index (χ0) is 15.5. The minimum absolute atomic E-state index is 0.0537. The van der Waals surface area contributed by atoms with Crippen LogP contribution in [0.15, 0.2) is 42.6 Å². The number of halogens is 1. The van der Waals surface area contributed by atoms with E-state index in [1.165, 1.54) is 0 Å². The number of nitrogens with zero attached hydrogens (tertiary/aromatic N) is 2. The highest BCUT2D eigenvalue weighted by Crippen LogP contribution is 2.25. The van der Waals surface area contributed by atoms with Crippen LogP contribution < -0.4 is 10.2 Å². The van der Waals surface area contributed by atoms with Crippen LogP contribution in [0.4, 0.5) is 11.5 Å².